The molecular formula is C23H20N4O2S. The smallest absolute Gasteiger partial charge is 0.182 e. The molecule has 0 aliphatic rings. The Balaban J connectivity index is 1.46. The lowest BCUT2D eigenvalue weighted by molar-refractivity contribution is 0.303. The van der Waals surface area contributed by atoms with Gasteiger partial charge < -0.3 is 9.47 Å². The lowest BCUT2D eigenvalue weighted by Gasteiger charge is -2.08. The van der Waals surface area contributed by atoms with Crippen LogP contribution in [-0.2, 0) is 6.61 Å². The van der Waals surface area contributed by atoms with E-state index in [2.05, 4.69) is 30.0 Å². The lowest BCUT2D eigenvalue weighted by atomic mass is 10.1. The van der Waals surface area contributed by atoms with Crippen LogP contribution in [-0.4, -0.2) is 26.7 Å². The van der Waals surface area contributed by atoms with E-state index in [4.69, 9.17) is 14.5 Å². The highest BCUT2D eigenvalue weighted by atomic mass is 32.1. The predicted molar refractivity (Wildman–Crippen MR) is 118 cm³/mol. The molecule has 0 N–H and O–H groups in total. The minimum atomic E-state index is 0.447. The molecule has 0 bridgehead atoms. The summed E-state index contributed by atoms with van der Waals surface area (Å²) in [4.78, 5) is 11.6. The van der Waals surface area contributed by atoms with Gasteiger partial charge in [0.2, 0.25) is 0 Å². The van der Waals surface area contributed by atoms with Crippen LogP contribution in [0.2, 0.25) is 0 Å². The monoisotopic (exact) mass is 416 g/mol. The fourth-order valence-electron chi connectivity index (χ4n) is 3.42. The zero-order chi connectivity index (χ0) is 20.7. The number of hydrogen-bond acceptors (Lipinski definition) is 6. The van der Waals surface area contributed by atoms with Gasteiger partial charge in [-0.1, -0.05) is 24.3 Å². The molecule has 2 aromatic carbocycles. The van der Waals surface area contributed by atoms with E-state index >= 15 is 0 Å². The molecule has 0 unspecified atom stereocenters. The highest BCUT2D eigenvalue weighted by Crippen LogP contribution is 2.31. The van der Waals surface area contributed by atoms with Crippen LogP contribution in [0.15, 0.2) is 54.9 Å². The first-order valence-electron chi connectivity index (χ1n) is 9.59. The molecule has 0 saturated heterocycles. The third kappa shape index (κ3) is 3.27. The summed E-state index contributed by atoms with van der Waals surface area (Å²) in [6, 6.07) is 15.7. The summed E-state index contributed by atoms with van der Waals surface area (Å²) in [7, 11) is 1.65. The van der Waals surface area contributed by atoms with E-state index in [-0.39, 0.29) is 0 Å². The van der Waals surface area contributed by atoms with Crippen LogP contribution in [0.25, 0.3) is 27.3 Å². The maximum atomic E-state index is 5.93. The van der Waals surface area contributed by atoms with Crippen molar-refractivity contribution in [2.75, 3.05) is 7.11 Å². The van der Waals surface area contributed by atoms with Crippen molar-refractivity contribution in [3.63, 3.8) is 0 Å². The lowest BCUT2D eigenvalue weighted by Crippen LogP contribution is -1.96. The quantitative estimate of drug-likeness (QED) is 0.394. The van der Waals surface area contributed by atoms with Gasteiger partial charge in [-0.25, -0.2) is 14.5 Å². The molecule has 5 rings (SSSR count). The summed E-state index contributed by atoms with van der Waals surface area (Å²) in [6.07, 6.45) is 1.74. The Morgan fingerprint density at radius 3 is 2.73 bits per heavy atom. The predicted octanol–water partition coefficient (Wildman–Crippen LogP) is 5.21. The van der Waals surface area contributed by atoms with E-state index in [1.807, 2.05) is 42.5 Å². The van der Waals surface area contributed by atoms with E-state index in [1.54, 1.807) is 29.3 Å². The van der Waals surface area contributed by atoms with Gasteiger partial charge in [-0.3, -0.25) is 0 Å². The normalized spacial score (nSPS) is 11.3. The minimum Gasteiger partial charge on any atom is -0.497 e. The Kier molecular flexibility index (Phi) is 4.59. The third-order valence-electron chi connectivity index (χ3n) is 5.14. The number of ether oxygens (including phenoxy) is 2. The minimum absolute atomic E-state index is 0.447. The fourth-order valence-corrected chi connectivity index (χ4v) is 4.42. The van der Waals surface area contributed by atoms with Gasteiger partial charge in [0.1, 0.15) is 29.3 Å². The standard InChI is InChI=1S/C23H20N4O2S/c1-14-15(2)30-23-20(14)22-25-21(26-27(22)13-24-23)17-7-4-6-16(10-17)12-29-19-9-5-8-18(11-19)28-3/h4-11,13H,12H2,1-3H3. The maximum Gasteiger partial charge on any atom is 0.182 e. The van der Waals surface area contributed by atoms with Gasteiger partial charge in [-0.2, -0.15) is 0 Å². The number of fused-ring (bicyclic) bond motifs is 3. The molecule has 0 amide bonds. The Morgan fingerprint density at radius 2 is 1.87 bits per heavy atom. The van der Waals surface area contributed by atoms with Gasteiger partial charge in [0.15, 0.2) is 11.5 Å². The highest BCUT2D eigenvalue weighted by Gasteiger charge is 2.15. The Labute approximate surface area is 177 Å². The largest absolute Gasteiger partial charge is 0.497 e. The molecule has 0 fully saturated rings. The number of hydrogen-bond donors (Lipinski definition) is 0. The number of nitrogens with zero attached hydrogens (tertiary/aromatic N) is 4. The number of thiophene rings is 1. The summed E-state index contributed by atoms with van der Waals surface area (Å²) in [5, 5.41) is 5.74. The van der Waals surface area contributed by atoms with E-state index < -0.39 is 0 Å². The number of aromatic nitrogens is 4. The van der Waals surface area contributed by atoms with Crippen molar-refractivity contribution in [2.24, 2.45) is 0 Å². The zero-order valence-corrected chi connectivity index (χ0v) is 17.7. The molecule has 0 aliphatic carbocycles. The molecule has 0 aliphatic heterocycles. The number of benzene rings is 2. The van der Waals surface area contributed by atoms with Gasteiger partial charge in [0.05, 0.1) is 12.5 Å². The van der Waals surface area contributed by atoms with Crippen LogP contribution in [0.4, 0.5) is 0 Å². The third-order valence-corrected chi connectivity index (χ3v) is 6.25. The molecule has 3 aromatic heterocycles. The number of rotatable bonds is 5. The van der Waals surface area contributed by atoms with Gasteiger partial charge >= 0.3 is 0 Å². The second kappa shape index (κ2) is 7.42. The molecule has 7 heteroatoms. The van der Waals surface area contributed by atoms with Crippen LogP contribution in [0.3, 0.4) is 0 Å². The molecule has 30 heavy (non-hydrogen) atoms. The van der Waals surface area contributed by atoms with Crippen LogP contribution < -0.4 is 9.47 Å². The number of aryl methyl sites for hydroxylation is 2. The van der Waals surface area contributed by atoms with E-state index in [0.717, 1.165) is 38.5 Å². The van der Waals surface area contributed by atoms with Crippen molar-refractivity contribution in [3.05, 3.63) is 70.9 Å². The van der Waals surface area contributed by atoms with Crippen molar-refractivity contribution in [3.8, 4) is 22.9 Å². The Bertz CT molecular complexity index is 1370. The van der Waals surface area contributed by atoms with Gasteiger partial charge in [-0.05, 0) is 43.2 Å². The summed E-state index contributed by atoms with van der Waals surface area (Å²) >= 11 is 1.69. The Hall–Kier alpha value is -3.45. The molecule has 0 saturated carbocycles. The number of methoxy groups -OCH3 is 1. The van der Waals surface area contributed by atoms with Crippen molar-refractivity contribution >= 4 is 27.2 Å². The van der Waals surface area contributed by atoms with E-state index in [1.165, 1.54) is 10.4 Å². The molecule has 6 nitrogen and oxygen atoms in total. The SMILES string of the molecule is COc1cccc(OCc2cccc(-c3nc4c5c(C)c(C)sc5ncn4n3)c2)c1. The molecule has 0 spiro atoms. The van der Waals surface area contributed by atoms with Gasteiger partial charge in [0.25, 0.3) is 0 Å². The summed E-state index contributed by atoms with van der Waals surface area (Å²) in [6.45, 7) is 4.67. The van der Waals surface area contributed by atoms with Crippen molar-refractivity contribution in [1.29, 1.82) is 0 Å². The van der Waals surface area contributed by atoms with Crippen molar-refractivity contribution < 1.29 is 9.47 Å². The van der Waals surface area contributed by atoms with Crippen LogP contribution in [0.5, 0.6) is 11.5 Å². The van der Waals surface area contributed by atoms with Crippen molar-refractivity contribution in [2.45, 2.75) is 20.5 Å². The first kappa shape index (κ1) is 18.6. The average Bonchev–Trinajstić information content (AvgIpc) is 3.33. The fraction of sp³-hybridized carbons (Fsp3) is 0.174. The van der Waals surface area contributed by atoms with Gasteiger partial charge in [-0.15, -0.1) is 16.4 Å². The first-order valence-corrected chi connectivity index (χ1v) is 10.4. The van der Waals surface area contributed by atoms with E-state index in [0.29, 0.717) is 12.4 Å². The molecule has 150 valence electrons. The zero-order valence-electron chi connectivity index (χ0n) is 16.9. The van der Waals surface area contributed by atoms with Crippen molar-refractivity contribution in [1.82, 2.24) is 19.6 Å². The molecular weight excluding hydrogens is 396 g/mol. The van der Waals surface area contributed by atoms with Crippen LogP contribution in [0, 0.1) is 13.8 Å². The summed E-state index contributed by atoms with van der Waals surface area (Å²) < 4.78 is 12.9. The summed E-state index contributed by atoms with van der Waals surface area (Å²) in [5.74, 6) is 2.21. The van der Waals surface area contributed by atoms with Crippen LogP contribution >= 0.6 is 11.3 Å². The van der Waals surface area contributed by atoms with Crippen LogP contribution in [0.1, 0.15) is 16.0 Å². The maximum absolute atomic E-state index is 5.93. The van der Waals surface area contributed by atoms with Gasteiger partial charge in [0, 0.05) is 16.5 Å². The summed E-state index contributed by atoms with van der Waals surface area (Å²) in [5.41, 5.74) is 4.05. The second-order valence-electron chi connectivity index (χ2n) is 7.08. The molecule has 0 atom stereocenters. The topological polar surface area (TPSA) is 61.5 Å². The first-order chi connectivity index (χ1) is 14.6. The second-order valence-corrected chi connectivity index (χ2v) is 8.28. The average molecular weight is 417 g/mol. The van der Waals surface area contributed by atoms with E-state index in [9.17, 15) is 0 Å². The molecule has 5 aromatic rings. The highest BCUT2D eigenvalue weighted by molar-refractivity contribution is 7.18. The molecule has 0 radical (unpaired) electrons. The Morgan fingerprint density at radius 1 is 1.03 bits per heavy atom. The molecule has 3 heterocycles.